The zero-order chi connectivity index (χ0) is 23.7. The van der Waals surface area contributed by atoms with Crippen LogP contribution in [0.2, 0.25) is 0 Å². The Morgan fingerprint density at radius 2 is 1.48 bits per heavy atom. The number of amides is 1. The van der Waals surface area contributed by atoms with Crippen LogP contribution < -0.4 is 0 Å². The topological polar surface area (TPSA) is 38.8 Å². The van der Waals surface area contributed by atoms with E-state index in [1.54, 1.807) is 14.2 Å². The molecule has 29 heavy (non-hydrogen) atoms. The van der Waals surface area contributed by atoms with E-state index in [-0.39, 0.29) is 28.9 Å². The molecular formula is C25H55NO3. The van der Waals surface area contributed by atoms with Crippen molar-refractivity contribution in [2.75, 3.05) is 27.4 Å². The van der Waals surface area contributed by atoms with Crippen LogP contribution >= 0.6 is 0 Å². The third kappa shape index (κ3) is 14.1. The molecule has 2 unspecified atom stereocenters. The maximum Gasteiger partial charge on any atom is 0.223 e. The van der Waals surface area contributed by atoms with Crippen LogP contribution in [0, 0.1) is 10.8 Å². The number of nitrogens with zero attached hydrogens (tertiary/aromatic N) is 1. The van der Waals surface area contributed by atoms with E-state index in [2.05, 4.69) is 34.6 Å². The molecule has 4 heteroatoms. The molecule has 0 aromatic carbocycles. The van der Waals surface area contributed by atoms with Crippen molar-refractivity contribution in [1.82, 2.24) is 4.90 Å². The van der Waals surface area contributed by atoms with Crippen LogP contribution in [0.3, 0.4) is 0 Å². The Kier molecular flexibility index (Phi) is 20.7. The summed E-state index contributed by atoms with van der Waals surface area (Å²) in [6.07, 6.45) is 5.06. The number of hydrogen-bond acceptors (Lipinski definition) is 3. The van der Waals surface area contributed by atoms with Crippen molar-refractivity contribution < 1.29 is 14.3 Å². The molecule has 1 heterocycles. The second-order valence-corrected chi connectivity index (χ2v) is 8.68. The van der Waals surface area contributed by atoms with E-state index < -0.39 is 0 Å². The summed E-state index contributed by atoms with van der Waals surface area (Å²) >= 11 is 0. The zero-order valence-electron chi connectivity index (χ0n) is 22.3. The highest BCUT2D eigenvalue weighted by Crippen LogP contribution is 2.39. The Hall–Kier alpha value is -0.610. The fourth-order valence-corrected chi connectivity index (χ4v) is 4.33. The molecule has 0 aromatic rings. The van der Waals surface area contributed by atoms with Crippen LogP contribution in [0.25, 0.3) is 0 Å². The van der Waals surface area contributed by atoms with Crippen LogP contribution in [0.15, 0.2) is 0 Å². The largest absolute Gasteiger partial charge is 0.383 e. The van der Waals surface area contributed by atoms with Gasteiger partial charge < -0.3 is 14.4 Å². The summed E-state index contributed by atoms with van der Waals surface area (Å²) in [6.45, 7) is 24.6. The predicted molar refractivity (Wildman–Crippen MR) is 129 cm³/mol. The summed E-state index contributed by atoms with van der Waals surface area (Å²) in [5, 5.41) is 0. The molecule has 178 valence electrons. The van der Waals surface area contributed by atoms with Crippen molar-refractivity contribution >= 4 is 5.91 Å². The highest BCUT2D eigenvalue weighted by atomic mass is 16.5. The average molecular weight is 418 g/mol. The fraction of sp³-hybridized carbons (Fsp3) is 0.960. The maximum absolute atomic E-state index is 12.9. The highest BCUT2D eigenvalue weighted by molar-refractivity contribution is 5.77. The molecule has 0 aliphatic carbocycles. The van der Waals surface area contributed by atoms with Gasteiger partial charge in [0, 0.05) is 27.2 Å². The second-order valence-electron chi connectivity index (χ2n) is 8.68. The average Bonchev–Trinajstić information content (AvgIpc) is 3.09. The van der Waals surface area contributed by atoms with Crippen LogP contribution in [0.4, 0.5) is 0 Å². The van der Waals surface area contributed by atoms with E-state index in [9.17, 15) is 4.79 Å². The van der Waals surface area contributed by atoms with Gasteiger partial charge in [0.1, 0.15) is 0 Å². The van der Waals surface area contributed by atoms with Crippen molar-refractivity contribution in [2.24, 2.45) is 10.8 Å². The molecule has 1 aliphatic rings. The van der Waals surface area contributed by atoms with E-state index >= 15 is 0 Å². The standard InChI is InChI=1S/C19H37NO3.3C2H6/c1-8-9-18(2,3)14-19(4,5)11-17(21)20-12-16(23-7)10-15(20)13-22-6;3*1-2/h15-16H,8-14H2,1-7H3;3*1-2H3. The van der Waals surface area contributed by atoms with Gasteiger partial charge in [-0.15, -0.1) is 0 Å². The number of likely N-dealkylation sites (tertiary alicyclic amines) is 1. The van der Waals surface area contributed by atoms with E-state index in [0.717, 1.165) is 12.8 Å². The first-order chi connectivity index (χ1) is 13.6. The summed E-state index contributed by atoms with van der Waals surface area (Å²) in [4.78, 5) is 14.8. The van der Waals surface area contributed by atoms with Gasteiger partial charge in [-0.25, -0.2) is 0 Å². The van der Waals surface area contributed by atoms with Crippen LogP contribution in [-0.2, 0) is 14.3 Å². The lowest BCUT2D eigenvalue weighted by Gasteiger charge is -2.36. The number of rotatable bonds is 9. The minimum Gasteiger partial charge on any atom is -0.383 e. The van der Waals surface area contributed by atoms with E-state index in [1.165, 1.54) is 12.8 Å². The normalized spacial score (nSPS) is 18.6. The SMILES string of the molecule is CC.CC.CC.CCCC(C)(C)CC(C)(C)CC(=O)N1CC(OC)CC1COC. The Balaban J connectivity index is -0.00000103. The monoisotopic (exact) mass is 417 g/mol. The molecule has 1 aliphatic heterocycles. The smallest absolute Gasteiger partial charge is 0.223 e. The lowest BCUT2D eigenvalue weighted by atomic mass is 9.71. The number of carbonyl (C=O) groups excluding carboxylic acids is 1. The Morgan fingerprint density at radius 3 is 1.90 bits per heavy atom. The summed E-state index contributed by atoms with van der Waals surface area (Å²) in [7, 11) is 3.42. The van der Waals surface area contributed by atoms with Gasteiger partial charge in [0.2, 0.25) is 5.91 Å². The predicted octanol–water partition coefficient (Wildman–Crippen LogP) is 6.96. The molecular weight excluding hydrogens is 362 g/mol. The quantitative estimate of drug-likeness (QED) is 0.407. The number of carbonyl (C=O) groups is 1. The number of hydrogen-bond donors (Lipinski definition) is 0. The van der Waals surface area contributed by atoms with E-state index in [0.29, 0.717) is 19.6 Å². The van der Waals surface area contributed by atoms with Crippen molar-refractivity contribution in [3.8, 4) is 0 Å². The molecule has 1 saturated heterocycles. The molecule has 1 fully saturated rings. The highest BCUT2D eigenvalue weighted by Gasteiger charge is 2.38. The third-order valence-corrected chi connectivity index (χ3v) is 4.90. The maximum atomic E-state index is 12.9. The molecule has 1 rings (SSSR count). The molecule has 0 N–H and O–H groups in total. The Bertz CT molecular complexity index is 380. The molecule has 0 spiro atoms. The molecule has 1 amide bonds. The molecule has 2 atom stereocenters. The first-order valence-electron chi connectivity index (χ1n) is 12.0. The summed E-state index contributed by atoms with van der Waals surface area (Å²) in [5.41, 5.74) is 0.295. The van der Waals surface area contributed by atoms with Gasteiger partial charge in [0.25, 0.3) is 0 Å². The molecule has 0 saturated carbocycles. The van der Waals surface area contributed by atoms with Crippen molar-refractivity contribution in [2.45, 2.75) is 120 Å². The lowest BCUT2D eigenvalue weighted by Crippen LogP contribution is -2.41. The summed E-state index contributed by atoms with van der Waals surface area (Å²) in [6, 6.07) is 0.150. The lowest BCUT2D eigenvalue weighted by molar-refractivity contribution is -0.135. The number of ether oxygens (including phenoxy) is 2. The van der Waals surface area contributed by atoms with Crippen LogP contribution in [0.1, 0.15) is 108 Å². The first-order valence-corrected chi connectivity index (χ1v) is 12.0. The third-order valence-electron chi connectivity index (χ3n) is 4.90. The van der Waals surface area contributed by atoms with Crippen LogP contribution in [0.5, 0.6) is 0 Å². The fourth-order valence-electron chi connectivity index (χ4n) is 4.33. The molecule has 0 bridgehead atoms. The zero-order valence-corrected chi connectivity index (χ0v) is 22.3. The molecule has 4 nitrogen and oxygen atoms in total. The van der Waals surface area contributed by atoms with E-state index in [4.69, 9.17) is 9.47 Å². The van der Waals surface area contributed by atoms with Gasteiger partial charge in [-0.1, -0.05) is 82.6 Å². The van der Waals surface area contributed by atoms with Gasteiger partial charge in [0.05, 0.1) is 18.8 Å². The number of methoxy groups -OCH3 is 2. The van der Waals surface area contributed by atoms with Crippen molar-refractivity contribution in [1.29, 1.82) is 0 Å². The van der Waals surface area contributed by atoms with Gasteiger partial charge in [-0.2, -0.15) is 0 Å². The second kappa shape index (κ2) is 18.2. The van der Waals surface area contributed by atoms with Gasteiger partial charge in [-0.05, 0) is 30.1 Å². The molecule has 0 radical (unpaired) electrons. The van der Waals surface area contributed by atoms with E-state index in [1.807, 2.05) is 46.4 Å². The van der Waals surface area contributed by atoms with Crippen LogP contribution in [-0.4, -0.2) is 50.3 Å². The first kappa shape index (κ1) is 33.0. The molecule has 0 aromatic heterocycles. The van der Waals surface area contributed by atoms with Gasteiger partial charge >= 0.3 is 0 Å². The van der Waals surface area contributed by atoms with Gasteiger partial charge in [0.15, 0.2) is 0 Å². The van der Waals surface area contributed by atoms with Crippen molar-refractivity contribution in [3.63, 3.8) is 0 Å². The Labute approximate surface area is 184 Å². The Morgan fingerprint density at radius 1 is 0.966 bits per heavy atom. The van der Waals surface area contributed by atoms with Gasteiger partial charge in [-0.3, -0.25) is 4.79 Å². The summed E-state index contributed by atoms with van der Waals surface area (Å²) in [5.74, 6) is 0.240. The minimum atomic E-state index is 0.0124. The summed E-state index contributed by atoms with van der Waals surface area (Å²) < 4.78 is 10.8. The minimum absolute atomic E-state index is 0.0124. The van der Waals surface area contributed by atoms with Crippen molar-refractivity contribution in [3.05, 3.63) is 0 Å².